The maximum absolute atomic E-state index is 12.8. The van der Waals surface area contributed by atoms with Crippen molar-refractivity contribution in [2.24, 2.45) is 4.99 Å². The molecular weight excluding hydrogens is 459 g/mol. The number of amides is 1. The summed E-state index contributed by atoms with van der Waals surface area (Å²) < 4.78 is 1.14. The van der Waals surface area contributed by atoms with Crippen LogP contribution in [0.2, 0.25) is 5.02 Å². The van der Waals surface area contributed by atoms with Gasteiger partial charge in [-0.15, -0.1) is 0 Å². The largest absolute Gasteiger partial charge is 0.325 e. The van der Waals surface area contributed by atoms with Gasteiger partial charge in [-0.1, -0.05) is 48.0 Å². The summed E-state index contributed by atoms with van der Waals surface area (Å²) in [5, 5.41) is 3.53. The zero-order valence-electron chi connectivity index (χ0n) is 13.6. The molecule has 1 aliphatic rings. The van der Waals surface area contributed by atoms with Crippen molar-refractivity contribution in [3.05, 3.63) is 92.5 Å². The maximum Gasteiger partial charge on any atom is 0.238 e. The molecule has 1 aliphatic heterocycles. The Bertz CT molecular complexity index is 1000. The van der Waals surface area contributed by atoms with Crippen LogP contribution in [-0.4, -0.2) is 11.6 Å². The number of halogens is 2. The van der Waals surface area contributed by atoms with Gasteiger partial charge in [-0.05, 0) is 70.1 Å². The molecule has 0 spiro atoms. The lowest BCUT2D eigenvalue weighted by Crippen LogP contribution is -2.21. The second-order valence-electron chi connectivity index (χ2n) is 5.99. The summed E-state index contributed by atoms with van der Waals surface area (Å²) in [7, 11) is 0. The van der Waals surface area contributed by atoms with E-state index in [1.54, 1.807) is 12.1 Å². The minimum absolute atomic E-state index is 0.0876. The van der Waals surface area contributed by atoms with E-state index in [-0.39, 0.29) is 5.91 Å². The van der Waals surface area contributed by atoms with E-state index in [4.69, 9.17) is 16.6 Å². The summed E-state index contributed by atoms with van der Waals surface area (Å²) >= 11 is 8.34. The number of hydrogen-bond donors (Lipinski definition) is 1. The number of benzene rings is 3. The van der Waals surface area contributed by atoms with Crippen molar-refractivity contribution in [1.29, 1.82) is 0 Å². The maximum atomic E-state index is 12.8. The number of hydrogen-bond acceptors (Lipinski definition) is 2. The van der Waals surface area contributed by atoms with Crippen LogP contribution in [0.5, 0.6) is 0 Å². The molecule has 1 atom stereocenters. The second-order valence-corrected chi connectivity index (χ2v) is 7.68. The lowest BCUT2D eigenvalue weighted by molar-refractivity contribution is -0.115. The predicted octanol–water partition coefficient (Wildman–Crippen LogP) is 5.80. The summed E-state index contributed by atoms with van der Waals surface area (Å²) in [6.45, 7) is 0. The third kappa shape index (κ3) is 3.39. The Hall–Kier alpha value is -2.18. The monoisotopic (exact) mass is 472 g/mol. The van der Waals surface area contributed by atoms with Gasteiger partial charge in [-0.3, -0.25) is 9.79 Å². The van der Waals surface area contributed by atoms with Crippen molar-refractivity contribution in [2.45, 2.75) is 5.92 Å². The molecule has 3 aromatic rings. The van der Waals surface area contributed by atoms with Crippen LogP contribution < -0.4 is 5.32 Å². The Morgan fingerprint density at radius 3 is 2.46 bits per heavy atom. The molecule has 4 rings (SSSR count). The number of carbonyl (C=O) groups excluding carboxylic acids is 1. The average molecular weight is 473 g/mol. The summed E-state index contributed by atoms with van der Waals surface area (Å²) in [5.41, 5.74) is 4.12. The minimum atomic E-state index is -0.469. The number of carbonyl (C=O) groups is 1. The minimum Gasteiger partial charge on any atom is -0.325 e. The smallest absolute Gasteiger partial charge is 0.238 e. The number of rotatable bonds is 3. The first-order valence-corrected chi connectivity index (χ1v) is 9.57. The van der Waals surface area contributed by atoms with E-state index in [0.29, 0.717) is 5.02 Å². The molecule has 0 bridgehead atoms. The first-order valence-electron chi connectivity index (χ1n) is 8.12. The zero-order valence-corrected chi connectivity index (χ0v) is 16.5. The van der Waals surface area contributed by atoms with Gasteiger partial charge in [0.15, 0.2) is 0 Å². The van der Waals surface area contributed by atoms with E-state index in [1.807, 2.05) is 60.7 Å². The fraction of sp³-hybridized carbons (Fsp3) is 0.0476. The van der Waals surface area contributed by atoms with E-state index < -0.39 is 5.92 Å². The normalized spacial score (nSPS) is 16.3. The van der Waals surface area contributed by atoms with E-state index in [2.05, 4.69) is 27.9 Å². The van der Waals surface area contributed by atoms with Crippen LogP contribution in [0.15, 0.2) is 77.8 Å². The van der Waals surface area contributed by atoms with Gasteiger partial charge in [0.25, 0.3) is 0 Å². The fourth-order valence-electron chi connectivity index (χ4n) is 3.07. The Morgan fingerprint density at radius 2 is 1.73 bits per heavy atom. The number of nitrogens with one attached hydrogen (secondary N) is 1. The van der Waals surface area contributed by atoms with Gasteiger partial charge in [-0.2, -0.15) is 0 Å². The van der Waals surface area contributed by atoms with Gasteiger partial charge in [0.05, 0.1) is 11.4 Å². The highest BCUT2D eigenvalue weighted by Gasteiger charge is 2.35. The van der Waals surface area contributed by atoms with Crippen LogP contribution in [0, 0.1) is 3.57 Å². The first-order chi connectivity index (χ1) is 12.6. The van der Waals surface area contributed by atoms with Crippen molar-refractivity contribution >= 4 is 57.2 Å². The molecule has 0 radical (unpaired) electrons. The molecule has 1 heterocycles. The molecule has 0 aliphatic carbocycles. The highest BCUT2D eigenvalue weighted by Crippen LogP contribution is 2.37. The molecule has 3 aromatic carbocycles. The predicted molar refractivity (Wildman–Crippen MR) is 115 cm³/mol. The second kappa shape index (κ2) is 7.21. The number of nitrogens with zero attached hydrogens (tertiary/aromatic N) is 1. The Balaban J connectivity index is 1.87. The standard InChI is InChI=1S/C21H14ClIN2O/c22-14-6-11-17-18(12-14)25-21(26)19(17)20(13-4-2-1-3-5-13)24-16-9-7-15(23)8-10-16/h1-12,19H,(H,25,26). The highest BCUT2D eigenvalue weighted by atomic mass is 127. The quantitative estimate of drug-likeness (QED) is 0.380. The average Bonchev–Trinajstić information content (AvgIpc) is 2.97. The van der Waals surface area contributed by atoms with Gasteiger partial charge in [-0.25, -0.2) is 0 Å². The summed E-state index contributed by atoms with van der Waals surface area (Å²) in [6.07, 6.45) is 0. The van der Waals surface area contributed by atoms with Crippen molar-refractivity contribution in [3.63, 3.8) is 0 Å². The highest BCUT2D eigenvalue weighted by molar-refractivity contribution is 14.1. The van der Waals surface area contributed by atoms with Gasteiger partial charge < -0.3 is 5.32 Å². The molecule has 0 saturated heterocycles. The van der Waals surface area contributed by atoms with Gasteiger partial charge in [0.1, 0.15) is 5.92 Å². The molecule has 1 N–H and O–H groups in total. The van der Waals surface area contributed by atoms with Crippen LogP contribution in [-0.2, 0) is 4.79 Å². The lowest BCUT2D eigenvalue weighted by Gasteiger charge is -2.14. The van der Waals surface area contributed by atoms with E-state index in [0.717, 1.165) is 31.8 Å². The van der Waals surface area contributed by atoms with Crippen LogP contribution in [0.1, 0.15) is 17.0 Å². The van der Waals surface area contributed by atoms with E-state index in [1.165, 1.54) is 0 Å². The third-order valence-electron chi connectivity index (χ3n) is 4.27. The SMILES string of the molecule is O=C1Nc2cc(Cl)ccc2C1C(=Nc1ccc(I)cc1)c1ccccc1. The van der Waals surface area contributed by atoms with Gasteiger partial charge in [0, 0.05) is 14.3 Å². The molecule has 3 nitrogen and oxygen atoms in total. The van der Waals surface area contributed by atoms with Crippen molar-refractivity contribution in [1.82, 2.24) is 0 Å². The molecule has 128 valence electrons. The summed E-state index contributed by atoms with van der Waals surface area (Å²) in [4.78, 5) is 17.6. The Kier molecular flexibility index (Phi) is 4.78. The zero-order chi connectivity index (χ0) is 18.1. The number of fused-ring (bicyclic) bond motifs is 1. The van der Waals surface area contributed by atoms with Gasteiger partial charge in [0.2, 0.25) is 5.91 Å². The summed E-state index contributed by atoms with van der Waals surface area (Å²) in [6, 6.07) is 23.2. The van der Waals surface area contributed by atoms with Crippen molar-refractivity contribution in [3.8, 4) is 0 Å². The molecule has 1 unspecified atom stereocenters. The molecule has 1 amide bonds. The van der Waals surface area contributed by atoms with Crippen molar-refractivity contribution in [2.75, 3.05) is 5.32 Å². The topological polar surface area (TPSA) is 41.5 Å². The molecule has 26 heavy (non-hydrogen) atoms. The lowest BCUT2D eigenvalue weighted by atomic mass is 9.90. The van der Waals surface area contributed by atoms with Crippen LogP contribution in [0.3, 0.4) is 0 Å². The van der Waals surface area contributed by atoms with E-state index >= 15 is 0 Å². The Labute approximate surface area is 170 Å². The molecule has 0 fully saturated rings. The van der Waals surface area contributed by atoms with Crippen molar-refractivity contribution < 1.29 is 4.79 Å². The first kappa shape index (κ1) is 17.2. The van der Waals surface area contributed by atoms with E-state index in [9.17, 15) is 4.79 Å². The third-order valence-corrected chi connectivity index (χ3v) is 5.22. The van der Waals surface area contributed by atoms with Gasteiger partial charge >= 0.3 is 0 Å². The molecule has 0 saturated carbocycles. The van der Waals surface area contributed by atoms with Crippen LogP contribution >= 0.6 is 34.2 Å². The number of anilines is 1. The van der Waals surface area contributed by atoms with Crippen LogP contribution in [0.4, 0.5) is 11.4 Å². The molecule has 0 aromatic heterocycles. The fourth-order valence-corrected chi connectivity index (χ4v) is 3.60. The van der Waals surface area contributed by atoms with Crippen LogP contribution in [0.25, 0.3) is 0 Å². The molecule has 5 heteroatoms. The Morgan fingerprint density at radius 1 is 1.00 bits per heavy atom. The summed E-state index contributed by atoms with van der Waals surface area (Å²) in [5.74, 6) is -0.556. The molecular formula is C21H14ClIN2O. The number of aliphatic imine (C=N–C) groups is 1.